The number of carbonyl (C=O) groups is 1. The summed E-state index contributed by atoms with van der Waals surface area (Å²) in [7, 11) is 0. The van der Waals surface area contributed by atoms with Crippen molar-refractivity contribution in [2.45, 2.75) is 10.3 Å². The normalized spacial score (nSPS) is 14.8. The quantitative estimate of drug-likeness (QED) is 0.412. The predicted molar refractivity (Wildman–Crippen MR) is 121 cm³/mol. The number of rotatable bonds is 4. The number of anilines is 2. The van der Waals surface area contributed by atoms with Gasteiger partial charge in [-0.2, -0.15) is 0 Å². The van der Waals surface area contributed by atoms with E-state index in [1.165, 1.54) is 11.3 Å². The van der Waals surface area contributed by atoms with Crippen LogP contribution in [0.1, 0.15) is 20.6 Å². The highest BCUT2D eigenvalue weighted by molar-refractivity contribution is 8.00. The number of nitrogens with zero attached hydrogens (tertiary/aromatic N) is 1. The van der Waals surface area contributed by atoms with Crippen molar-refractivity contribution in [1.29, 1.82) is 0 Å². The minimum absolute atomic E-state index is 0.0890. The standard InChI is InChI=1S/C23H17N3OS2/c27-22(20-10-9-19(28-20)15-5-2-1-3-6-15)25-17-8-4-7-16(13-17)23-26-18-11-12-24-14-21(18)29-23/h1-14,23,26H,(H,25,27). The van der Waals surface area contributed by atoms with Gasteiger partial charge < -0.3 is 10.6 Å². The summed E-state index contributed by atoms with van der Waals surface area (Å²) >= 11 is 3.23. The molecule has 4 aromatic rings. The van der Waals surface area contributed by atoms with Gasteiger partial charge in [0.1, 0.15) is 5.37 Å². The average molecular weight is 416 g/mol. The predicted octanol–water partition coefficient (Wildman–Crippen LogP) is 6.28. The Balaban J connectivity index is 1.31. The molecule has 0 spiro atoms. The van der Waals surface area contributed by atoms with Crippen LogP contribution in [0.25, 0.3) is 10.4 Å². The number of nitrogens with one attached hydrogen (secondary N) is 2. The fourth-order valence-corrected chi connectivity index (χ4v) is 5.24. The fourth-order valence-electron chi connectivity index (χ4n) is 3.23. The van der Waals surface area contributed by atoms with Gasteiger partial charge in [0.15, 0.2) is 0 Å². The van der Waals surface area contributed by atoms with E-state index in [0.29, 0.717) is 4.88 Å². The van der Waals surface area contributed by atoms with Gasteiger partial charge in [0.25, 0.3) is 5.91 Å². The summed E-state index contributed by atoms with van der Waals surface area (Å²) in [6.07, 6.45) is 3.66. The lowest BCUT2D eigenvalue weighted by Crippen LogP contribution is -2.10. The SMILES string of the molecule is O=C(Nc1cccc(C2Nc3ccncc3S2)c1)c1ccc(-c2ccccc2)s1. The molecule has 6 heteroatoms. The second-order valence-corrected chi connectivity index (χ2v) is 8.85. The topological polar surface area (TPSA) is 54.0 Å². The highest BCUT2D eigenvalue weighted by Crippen LogP contribution is 2.46. The zero-order chi connectivity index (χ0) is 19.6. The van der Waals surface area contributed by atoms with Crippen molar-refractivity contribution in [3.8, 4) is 10.4 Å². The molecule has 2 aromatic carbocycles. The zero-order valence-corrected chi connectivity index (χ0v) is 17.0. The number of hydrogen-bond acceptors (Lipinski definition) is 5. The number of amides is 1. The molecule has 0 bridgehead atoms. The lowest BCUT2D eigenvalue weighted by atomic mass is 10.2. The van der Waals surface area contributed by atoms with Crippen molar-refractivity contribution < 1.29 is 4.79 Å². The molecule has 142 valence electrons. The van der Waals surface area contributed by atoms with Gasteiger partial charge in [0, 0.05) is 23.0 Å². The van der Waals surface area contributed by atoms with E-state index in [-0.39, 0.29) is 11.3 Å². The van der Waals surface area contributed by atoms with Crippen LogP contribution in [0.2, 0.25) is 0 Å². The average Bonchev–Trinajstić information content (AvgIpc) is 3.42. The van der Waals surface area contributed by atoms with Crippen LogP contribution >= 0.6 is 23.1 Å². The molecule has 1 unspecified atom stereocenters. The minimum Gasteiger partial charge on any atom is -0.368 e. The summed E-state index contributed by atoms with van der Waals surface area (Å²) in [6, 6.07) is 23.9. The molecule has 2 N–H and O–H groups in total. The van der Waals surface area contributed by atoms with Crippen LogP contribution in [0.5, 0.6) is 0 Å². The molecule has 1 aliphatic rings. The number of pyridine rings is 1. The molecule has 5 rings (SSSR count). The van der Waals surface area contributed by atoms with Crippen molar-refractivity contribution in [1.82, 2.24) is 4.98 Å². The third kappa shape index (κ3) is 3.77. The summed E-state index contributed by atoms with van der Waals surface area (Å²) in [5.74, 6) is -0.0890. The summed E-state index contributed by atoms with van der Waals surface area (Å²) in [5, 5.41) is 6.64. The maximum atomic E-state index is 12.7. The Bertz CT molecular complexity index is 1150. The zero-order valence-electron chi connectivity index (χ0n) is 15.3. The molecule has 2 aromatic heterocycles. The first-order valence-electron chi connectivity index (χ1n) is 9.20. The number of thiophene rings is 1. The largest absolute Gasteiger partial charge is 0.368 e. The summed E-state index contributed by atoms with van der Waals surface area (Å²) < 4.78 is 0. The van der Waals surface area contributed by atoms with Crippen LogP contribution < -0.4 is 10.6 Å². The van der Waals surface area contributed by atoms with Crippen LogP contribution in [0.15, 0.2) is 90.1 Å². The van der Waals surface area contributed by atoms with Crippen molar-refractivity contribution in [2.75, 3.05) is 10.6 Å². The highest BCUT2D eigenvalue weighted by Gasteiger charge is 2.23. The Morgan fingerprint density at radius 1 is 1.00 bits per heavy atom. The number of hydrogen-bond donors (Lipinski definition) is 2. The van der Waals surface area contributed by atoms with E-state index in [1.54, 1.807) is 18.0 Å². The molecule has 1 atom stereocenters. The maximum Gasteiger partial charge on any atom is 0.265 e. The number of aromatic nitrogens is 1. The second-order valence-electron chi connectivity index (χ2n) is 6.62. The number of benzene rings is 2. The van der Waals surface area contributed by atoms with E-state index < -0.39 is 0 Å². The highest BCUT2D eigenvalue weighted by atomic mass is 32.2. The Kier molecular flexibility index (Phi) is 4.79. The van der Waals surface area contributed by atoms with Gasteiger partial charge in [-0.15, -0.1) is 11.3 Å². The fraction of sp³-hybridized carbons (Fsp3) is 0.0435. The van der Waals surface area contributed by atoms with Gasteiger partial charge in [-0.3, -0.25) is 9.78 Å². The molecule has 0 aliphatic carbocycles. The summed E-state index contributed by atoms with van der Waals surface area (Å²) in [4.78, 5) is 19.8. The molecule has 29 heavy (non-hydrogen) atoms. The first-order valence-corrected chi connectivity index (χ1v) is 10.9. The molecule has 1 amide bonds. The van der Waals surface area contributed by atoms with Gasteiger partial charge in [-0.1, -0.05) is 54.2 Å². The van der Waals surface area contributed by atoms with Crippen LogP contribution in [-0.4, -0.2) is 10.9 Å². The van der Waals surface area contributed by atoms with Crippen molar-refractivity contribution in [3.05, 3.63) is 95.6 Å². The number of thioether (sulfide) groups is 1. The Labute approximate surface area is 177 Å². The first kappa shape index (κ1) is 18.0. The van der Waals surface area contributed by atoms with E-state index in [2.05, 4.69) is 33.8 Å². The van der Waals surface area contributed by atoms with E-state index in [1.807, 2.05) is 60.8 Å². The molecule has 0 saturated carbocycles. The van der Waals surface area contributed by atoms with Crippen molar-refractivity contribution in [3.63, 3.8) is 0 Å². The second kappa shape index (κ2) is 7.73. The van der Waals surface area contributed by atoms with Crippen LogP contribution in [0.3, 0.4) is 0 Å². The molecular weight excluding hydrogens is 398 g/mol. The summed E-state index contributed by atoms with van der Waals surface area (Å²) in [6.45, 7) is 0. The Hall–Kier alpha value is -3.09. The van der Waals surface area contributed by atoms with Gasteiger partial charge in [-0.25, -0.2) is 0 Å². The molecule has 4 nitrogen and oxygen atoms in total. The van der Waals surface area contributed by atoms with Crippen LogP contribution in [-0.2, 0) is 0 Å². The molecule has 3 heterocycles. The summed E-state index contributed by atoms with van der Waals surface area (Å²) in [5.41, 5.74) is 4.12. The van der Waals surface area contributed by atoms with E-state index in [4.69, 9.17) is 0 Å². The molecule has 0 radical (unpaired) electrons. The lowest BCUT2D eigenvalue weighted by molar-refractivity contribution is 0.103. The number of carbonyl (C=O) groups excluding carboxylic acids is 1. The van der Waals surface area contributed by atoms with Gasteiger partial charge >= 0.3 is 0 Å². The van der Waals surface area contributed by atoms with Crippen molar-refractivity contribution in [2.24, 2.45) is 0 Å². The monoisotopic (exact) mass is 415 g/mol. The first-order chi connectivity index (χ1) is 14.3. The third-order valence-corrected chi connectivity index (χ3v) is 6.99. The van der Waals surface area contributed by atoms with Gasteiger partial charge in [-0.05, 0) is 41.5 Å². The molecule has 0 saturated heterocycles. The third-order valence-electron chi connectivity index (χ3n) is 4.65. The van der Waals surface area contributed by atoms with E-state index in [9.17, 15) is 4.79 Å². The number of fused-ring (bicyclic) bond motifs is 1. The van der Waals surface area contributed by atoms with Crippen molar-refractivity contribution >= 4 is 40.4 Å². The lowest BCUT2D eigenvalue weighted by Gasteiger charge is -2.12. The van der Waals surface area contributed by atoms with Crippen LogP contribution in [0, 0.1) is 0 Å². The maximum absolute atomic E-state index is 12.7. The van der Waals surface area contributed by atoms with E-state index >= 15 is 0 Å². The van der Waals surface area contributed by atoms with Gasteiger partial charge in [0.05, 0.1) is 15.5 Å². The van der Waals surface area contributed by atoms with Crippen LogP contribution in [0.4, 0.5) is 11.4 Å². The minimum atomic E-state index is -0.0890. The van der Waals surface area contributed by atoms with E-state index in [0.717, 1.165) is 32.3 Å². The smallest absolute Gasteiger partial charge is 0.265 e. The van der Waals surface area contributed by atoms with Gasteiger partial charge in [0.2, 0.25) is 0 Å². The molecule has 0 fully saturated rings. The Morgan fingerprint density at radius 3 is 2.76 bits per heavy atom. The molecular formula is C23H17N3OS2. The Morgan fingerprint density at radius 2 is 1.90 bits per heavy atom. The molecule has 1 aliphatic heterocycles.